The number of benzene rings is 3. The number of carbonyl (C=O) groups excluding carboxylic acids is 2. The van der Waals surface area contributed by atoms with Crippen LogP contribution in [-0.4, -0.2) is 47.9 Å². The summed E-state index contributed by atoms with van der Waals surface area (Å²) in [5.74, 6) is -0.589. The van der Waals surface area contributed by atoms with Crippen molar-refractivity contribution in [2.24, 2.45) is 0 Å². The normalized spacial score (nSPS) is 11.5. The van der Waals surface area contributed by atoms with Gasteiger partial charge in [-0.15, -0.1) is 0 Å². The molecule has 6 rings (SSSR count). The first-order chi connectivity index (χ1) is 20.7. The molecule has 43 heavy (non-hydrogen) atoms. The van der Waals surface area contributed by atoms with E-state index in [0.29, 0.717) is 44.9 Å². The fraction of sp³-hybridized carbons (Fsp3) is 0.0938. The largest absolute Gasteiger partial charge is 0.465 e. The van der Waals surface area contributed by atoms with Crippen LogP contribution in [-0.2, 0) is 19.5 Å². The summed E-state index contributed by atoms with van der Waals surface area (Å²) < 4.78 is 40.5. The van der Waals surface area contributed by atoms with E-state index < -0.39 is 22.0 Å². The lowest BCUT2D eigenvalue weighted by Crippen LogP contribution is -2.11. The number of anilines is 2. The molecule has 0 saturated carbocycles. The molecule has 3 aromatic carbocycles. The van der Waals surface area contributed by atoms with Crippen LogP contribution >= 0.6 is 0 Å². The van der Waals surface area contributed by atoms with E-state index in [9.17, 15) is 18.0 Å². The maximum Gasteiger partial charge on any atom is 0.339 e. The summed E-state index contributed by atoms with van der Waals surface area (Å²) >= 11 is 0. The number of hydrogen-bond acceptors (Lipinski definition) is 8. The van der Waals surface area contributed by atoms with Crippen molar-refractivity contribution in [2.45, 2.75) is 11.8 Å². The highest BCUT2D eigenvalue weighted by molar-refractivity contribution is 7.90. The van der Waals surface area contributed by atoms with Gasteiger partial charge in [-0.2, -0.15) is 0 Å². The zero-order chi connectivity index (χ0) is 30.3. The Morgan fingerprint density at radius 2 is 1.53 bits per heavy atom. The van der Waals surface area contributed by atoms with Gasteiger partial charge in [0, 0.05) is 29.0 Å². The minimum absolute atomic E-state index is 0.154. The van der Waals surface area contributed by atoms with E-state index >= 15 is 0 Å². The van der Waals surface area contributed by atoms with Crippen LogP contribution in [0.25, 0.3) is 27.8 Å². The predicted molar refractivity (Wildman–Crippen MR) is 162 cm³/mol. The highest BCUT2D eigenvalue weighted by Crippen LogP contribution is 2.38. The molecule has 6 aromatic rings. The molecule has 0 amide bonds. The summed E-state index contributed by atoms with van der Waals surface area (Å²) in [6.45, 7) is 1.89. The molecular weight excluding hydrogens is 568 g/mol. The lowest BCUT2D eigenvalue weighted by molar-refractivity contribution is 0.0591. The first-order valence-electron chi connectivity index (χ1n) is 13.2. The van der Waals surface area contributed by atoms with Crippen molar-refractivity contribution >= 4 is 50.0 Å². The molecule has 3 aromatic heterocycles. The molecule has 3 heterocycles. The Morgan fingerprint density at radius 3 is 2.28 bits per heavy atom. The molecule has 0 aliphatic carbocycles. The smallest absolute Gasteiger partial charge is 0.339 e. The topological polar surface area (TPSA) is 121 Å². The van der Waals surface area contributed by atoms with Crippen molar-refractivity contribution in [1.82, 2.24) is 13.4 Å². The van der Waals surface area contributed by atoms with Gasteiger partial charge in [0.15, 0.2) is 0 Å². The monoisotopic (exact) mass is 594 g/mol. The molecule has 0 bridgehead atoms. The maximum atomic E-state index is 13.9. The Balaban J connectivity index is 1.59. The summed E-state index contributed by atoms with van der Waals surface area (Å²) in [5.41, 5.74) is 4.05. The molecule has 0 fully saturated rings. The lowest BCUT2D eigenvalue weighted by atomic mass is 10.1. The van der Waals surface area contributed by atoms with Crippen LogP contribution in [0.2, 0.25) is 0 Å². The number of aryl methyl sites for hydroxylation is 1. The van der Waals surface area contributed by atoms with Crippen LogP contribution in [0, 0.1) is 6.92 Å². The Hall–Kier alpha value is -5.42. The molecule has 1 N–H and O–H groups in total. The molecule has 0 unspecified atom stereocenters. The molecular formula is C32H26N4O6S. The Bertz CT molecular complexity index is 2150. The maximum absolute atomic E-state index is 13.9. The molecule has 216 valence electrons. The molecule has 0 atom stereocenters. The summed E-state index contributed by atoms with van der Waals surface area (Å²) in [5, 5.41) is 3.98. The third-order valence-electron chi connectivity index (χ3n) is 7.10. The van der Waals surface area contributed by atoms with E-state index in [2.05, 4.69) is 5.32 Å². The van der Waals surface area contributed by atoms with Gasteiger partial charge in [0.2, 0.25) is 0 Å². The van der Waals surface area contributed by atoms with Crippen LogP contribution in [0.1, 0.15) is 26.3 Å². The van der Waals surface area contributed by atoms with Crippen molar-refractivity contribution in [3.05, 3.63) is 114 Å². The zero-order valence-corrected chi connectivity index (χ0v) is 24.3. The van der Waals surface area contributed by atoms with E-state index in [0.717, 1.165) is 5.56 Å². The third kappa shape index (κ3) is 4.89. The van der Waals surface area contributed by atoms with Crippen LogP contribution < -0.4 is 5.32 Å². The number of fused-ring (bicyclic) bond motifs is 2. The predicted octanol–water partition coefficient (Wildman–Crippen LogP) is 5.82. The molecule has 0 radical (unpaired) electrons. The molecule has 11 heteroatoms. The summed E-state index contributed by atoms with van der Waals surface area (Å²) in [6, 6.07) is 23.9. The number of para-hydroxylation sites is 1. The number of imidazole rings is 1. The van der Waals surface area contributed by atoms with Crippen molar-refractivity contribution in [3.63, 3.8) is 0 Å². The second kappa shape index (κ2) is 10.8. The molecule has 10 nitrogen and oxygen atoms in total. The Labute approximate surface area is 247 Å². The Morgan fingerprint density at radius 1 is 0.814 bits per heavy atom. The summed E-state index contributed by atoms with van der Waals surface area (Å²) in [7, 11) is -1.36. The molecule has 0 aliphatic heterocycles. The van der Waals surface area contributed by atoms with Gasteiger partial charge in [-0.05, 0) is 55.5 Å². The van der Waals surface area contributed by atoms with Gasteiger partial charge in [0.05, 0.1) is 35.8 Å². The van der Waals surface area contributed by atoms with Gasteiger partial charge in [-0.1, -0.05) is 42.0 Å². The van der Waals surface area contributed by atoms with Gasteiger partial charge >= 0.3 is 11.9 Å². The zero-order valence-electron chi connectivity index (χ0n) is 23.4. The van der Waals surface area contributed by atoms with E-state index in [1.165, 1.54) is 18.2 Å². The number of nitrogens with one attached hydrogen (secondary N) is 1. The van der Waals surface area contributed by atoms with Gasteiger partial charge in [0.1, 0.15) is 17.2 Å². The van der Waals surface area contributed by atoms with Crippen molar-refractivity contribution in [3.8, 4) is 11.3 Å². The second-order valence-corrected chi connectivity index (χ2v) is 11.6. The highest BCUT2D eigenvalue weighted by Gasteiger charge is 2.25. The number of pyridine rings is 1. The van der Waals surface area contributed by atoms with E-state index in [1.807, 2.05) is 19.1 Å². The molecule has 0 saturated heterocycles. The number of aromatic nitrogens is 3. The minimum Gasteiger partial charge on any atom is -0.465 e. The highest BCUT2D eigenvalue weighted by atomic mass is 32.2. The second-order valence-electron chi connectivity index (χ2n) is 9.82. The van der Waals surface area contributed by atoms with Crippen LogP contribution in [0.3, 0.4) is 0 Å². The van der Waals surface area contributed by atoms with Gasteiger partial charge in [0.25, 0.3) is 10.0 Å². The molecule has 0 spiro atoms. The number of hydrogen-bond donors (Lipinski definition) is 1. The van der Waals surface area contributed by atoms with E-state index in [4.69, 9.17) is 14.5 Å². The number of nitrogens with zero attached hydrogens (tertiary/aromatic N) is 3. The number of carbonyl (C=O) groups is 2. The quantitative estimate of drug-likeness (QED) is 0.230. The van der Waals surface area contributed by atoms with Gasteiger partial charge < -0.3 is 14.8 Å². The van der Waals surface area contributed by atoms with Crippen molar-refractivity contribution in [1.29, 1.82) is 0 Å². The fourth-order valence-electron chi connectivity index (χ4n) is 4.93. The number of methoxy groups -OCH3 is 2. The van der Waals surface area contributed by atoms with Gasteiger partial charge in [-0.3, -0.25) is 4.40 Å². The van der Waals surface area contributed by atoms with E-state index in [-0.39, 0.29) is 10.5 Å². The van der Waals surface area contributed by atoms with Crippen molar-refractivity contribution in [2.75, 3.05) is 19.5 Å². The van der Waals surface area contributed by atoms with Crippen LogP contribution in [0.15, 0.2) is 102 Å². The average molecular weight is 595 g/mol. The number of esters is 2. The number of rotatable bonds is 7. The molecule has 0 aliphatic rings. The van der Waals surface area contributed by atoms with Crippen LogP contribution in [0.4, 0.5) is 11.5 Å². The van der Waals surface area contributed by atoms with Crippen molar-refractivity contribution < 1.29 is 27.5 Å². The minimum atomic E-state index is -3.96. The Kier molecular flexibility index (Phi) is 6.95. The standard InChI is InChI=1S/C32H26N4O6S/c1-20-11-14-24(15-12-20)43(39,40)36-19-26(25-9-4-5-10-27(25)36)29-30(33-23-8-6-7-21(17-23)31(37)41-2)35-18-22(32(38)42-3)13-16-28(35)34-29/h4-19,33H,1-3H3. The summed E-state index contributed by atoms with van der Waals surface area (Å²) in [4.78, 5) is 29.6. The first kappa shape index (κ1) is 27.7. The lowest BCUT2D eigenvalue weighted by Gasteiger charge is -2.10. The van der Waals surface area contributed by atoms with Gasteiger partial charge in [-0.25, -0.2) is 27.0 Å². The average Bonchev–Trinajstić information content (AvgIpc) is 3.59. The summed E-state index contributed by atoms with van der Waals surface area (Å²) in [6.07, 6.45) is 3.14. The number of ether oxygens (including phenoxy) is 2. The fourth-order valence-corrected chi connectivity index (χ4v) is 6.30. The third-order valence-corrected chi connectivity index (χ3v) is 8.78. The van der Waals surface area contributed by atoms with E-state index in [1.54, 1.807) is 89.6 Å². The van der Waals surface area contributed by atoms with Crippen LogP contribution in [0.5, 0.6) is 0 Å². The first-order valence-corrected chi connectivity index (χ1v) is 14.6. The SMILES string of the molecule is COC(=O)c1cccc(Nc2c(-c3cn(S(=O)(=O)c4ccc(C)cc4)c4ccccc34)nc3ccc(C(=O)OC)cn23)c1.